The van der Waals surface area contributed by atoms with E-state index in [-0.39, 0.29) is 27.7 Å². The quantitative estimate of drug-likeness (QED) is 0.566. The van der Waals surface area contributed by atoms with Crippen LogP contribution in [-0.4, -0.2) is 23.4 Å². The Balaban J connectivity index is 1.75. The van der Waals surface area contributed by atoms with E-state index in [0.717, 1.165) is 18.2 Å². The van der Waals surface area contributed by atoms with Gasteiger partial charge in [0.2, 0.25) is 19.9 Å². The molecule has 164 valence electrons. The Morgan fingerprint density at radius 2 is 1.32 bits per heavy atom. The number of alkyl halides is 3. The van der Waals surface area contributed by atoms with Crippen LogP contribution >= 0.6 is 0 Å². The van der Waals surface area contributed by atoms with Crippen LogP contribution in [0.5, 0.6) is 0 Å². The van der Waals surface area contributed by atoms with E-state index in [9.17, 15) is 30.0 Å². The van der Waals surface area contributed by atoms with Gasteiger partial charge in [-0.15, -0.1) is 0 Å². The van der Waals surface area contributed by atoms with Crippen LogP contribution in [-0.2, 0) is 32.5 Å². The number of halogens is 3. The second-order valence-corrected chi connectivity index (χ2v) is 10.4. The summed E-state index contributed by atoms with van der Waals surface area (Å²) in [5.74, 6) is 0. The van der Waals surface area contributed by atoms with Crippen LogP contribution in [0.1, 0.15) is 11.1 Å². The van der Waals surface area contributed by atoms with Gasteiger partial charge in [-0.25, -0.2) is 21.6 Å². The third-order valence-corrected chi connectivity index (χ3v) is 7.67. The van der Waals surface area contributed by atoms with Gasteiger partial charge in [0.05, 0.1) is 20.2 Å². The molecule has 0 amide bonds. The van der Waals surface area contributed by atoms with Gasteiger partial charge in [0, 0.05) is 6.54 Å². The van der Waals surface area contributed by atoms with Gasteiger partial charge in [-0.05, 0) is 48.4 Å². The van der Waals surface area contributed by atoms with Crippen LogP contribution in [0, 0.1) is 0 Å². The molecule has 3 aromatic carbocycles. The smallest absolute Gasteiger partial charge is 0.219 e. The summed E-state index contributed by atoms with van der Waals surface area (Å²) >= 11 is 0. The Kier molecular flexibility index (Phi) is 6.54. The normalized spacial score (nSPS) is 12.6. The van der Waals surface area contributed by atoms with Crippen LogP contribution in [0.25, 0.3) is 0 Å². The van der Waals surface area contributed by atoms with Crippen molar-refractivity contribution in [3.05, 3.63) is 90.0 Å². The molecular formula is C21H18F3NO4S2. The van der Waals surface area contributed by atoms with E-state index in [1.54, 1.807) is 18.2 Å². The molecule has 0 atom stereocenters. The molecule has 10 heteroatoms. The molecule has 1 N–H and O–H groups in total. The molecule has 0 saturated carbocycles. The van der Waals surface area contributed by atoms with Crippen molar-refractivity contribution in [1.29, 1.82) is 0 Å². The highest BCUT2D eigenvalue weighted by Crippen LogP contribution is 2.29. The molecule has 0 radical (unpaired) electrons. The number of sulfonamides is 1. The number of sulfone groups is 1. The minimum absolute atomic E-state index is 0.0297. The molecule has 0 aliphatic rings. The molecule has 3 aromatic rings. The van der Waals surface area contributed by atoms with Gasteiger partial charge in [-0.1, -0.05) is 42.5 Å². The van der Waals surface area contributed by atoms with Crippen molar-refractivity contribution in [3.63, 3.8) is 0 Å². The Hall–Kier alpha value is -2.69. The van der Waals surface area contributed by atoms with E-state index >= 15 is 0 Å². The van der Waals surface area contributed by atoms with E-state index in [1.807, 2.05) is 0 Å². The average Bonchev–Trinajstić information content (AvgIpc) is 2.74. The fourth-order valence-electron chi connectivity index (χ4n) is 2.86. The highest BCUT2D eigenvalue weighted by Gasteiger charge is 2.30. The summed E-state index contributed by atoms with van der Waals surface area (Å²) < 4.78 is 91.3. The third-order valence-electron chi connectivity index (χ3n) is 4.44. The second kappa shape index (κ2) is 8.81. The Labute approximate surface area is 178 Å². The van der Waals surface area contributed by atoms with Crippen molar-refractivity contribution in [2.24, 2.45) is 0 Å². The van der Waals surface area contributed by atoms with Gasteiger partial charge in [-0.3, -0.25) is 0 Å². The maximum Gasteiger partial charge on any atom is 0.416 e. The standard InChI is InChI=1S/C21H18F3NO4S2/c22-21(23,24)17-7-4-6-16(14-17)12-13-25-31(28,29)20-11-5-10-19(15-20)30(26,27)18-8-2-1-3-9-18/h1-11,14-15,25H,12-13H2. The van der Waals surface area contributed by atoms with Gasteiger partial charge in [0.25, 0.3) is 0 Å². The molecule has 5 nitrogen and oxygen atoms in total. The lowest BCUT2D eigenvalue weighted by Crippen LogP contribution is -2.26. The molecule has 0 heterocycles. The van der Waals surface area contributed by atoms with E-state index in [4.69, 9.17) is 0 Å². The number of hydrogen-bond acceptors (Lipinski definition) is 4. The first-order valence-corrected chi connectivity index (χ1v) is 12.0. The first-order chi connectivity index (χ1) is 14.5. The summed E-state index contributed by atoms with van der Waals surface area (Å²) in [7, 11) is -7.97. The molecule has 0 spiro atoms. The highest BCUT2D eigenvalue weighted by molar-refractivity contribution is 7.91. The van der Waals surface area contributed by atoms with Crippen molar-refractivity contribution in [2.75, 3.05) is 6.54 Å². The summed E-state index contributed by atoms with van der Waals surface area (Å²) in [6.07, 6.45) is -4.45. The predicted molar refractivity (Wildman–Crippen MR) is 109 cm³/mol. The molecule has 0 aliphatic carbocycles. The maximum absolute atomic E-state index is 12.8. The highest BCUT2D eigenvalue weighted by atomic mass is 32.2. The third kappa shape index (κ3) is 5.52. The number of hydrogen-bond donors (Lipinski definition) is 1. The van der Waals surface area contributed by atoms with Crippen molar-refractivity contribution < 1.29 is 30.0 Å². The molecule has 0 aromatic heterocycles. The molecule has 0 aliphatic heterocycles. The summed E-state index contributed by atoms with van der Waals surface area (Å²) in [4.78, 5) is -0.407. The molecule has 0 unspecified atom stereocenters. The minimum atomic E-state index is -4.49. The van der Waals surface area contributed by atoms with Crippen molar-refractivity contribution in [1.82, 2.24) is 4.72 Å². The molecule has 0 fully saturated rings. The Morgan fingerprint density at radius 3 is 2.00 bits per heavy atom. The van der Waals surface area contributed by atoms with Crippen molar-refractivity contribution >= 4 is 19.9 Å². The lowest BCUT2D eigenvalue weighted by molar-refractivity contribution is -0.137. The lowest BCUT2D eigenvalue weighted by Gasteiger charge is -2.11. The fraction of sp³-hybridized carbons (Fsp3) is 0.143. The van der Waals surface area contributed by atoms with E-state index in [0.29, 0.717) is 5.56 Å². The monoisotopic (exact) mass is 469 g/mol. The first kappa shape index (κ1) is 23.0. The van der Waals surface area contributed by atoms with Crippen LogP contribution in [0.3, 0.4) is 0 Å². The SMILES string of the molecule is O=S(=O)(NCCc1cccc(C(F)(F)F)c1)c1cccc(S(=O)(=O)c2ccccc2)c1. The van der Waals surface area contributed by atoms with Gasteiger partial charge in [0.15, 0.2) is 0 Å². The van der Waals surface area contributed by atoms with E-state index in [1.165, 1.54) is 42.5 Å². The van der Waals surface area contributed by atoms with Crippen molar-refractivity contribution in [2.45, 2.75) is 27.3 Å². The van der Waals surface area contributed by atoms with Gasteiger partial charge in [-0.2, -0.15) is 13.2 Å². The minimum Gasteiger partial charge on any atom is -0.219 e. The van der Waals surface area contributed by atoms with Crippen LogP contribution in [0.4, 0.5) is 13.2 Å². The number of rotatable bonds is 7. The molecular weight excluding hydrogens is 451 g/mol. The molecule has 0 saturated heterocycles. The summed E-state index contributed by atoms with van der Waals surface area (Å²) in [5, 5.41) is 0. The predicted octanol–water partition coefficient (Wildman–Crippen LogP) is 4.06. The zero-order valence-corrected chi connectivity index (χ0v) is 17.6. The van der Waals surface area contributed by atoms with Gasteiger partial charge in [0.1, 0.15) is 0 Å². The van der Waals surface area contributed by atoms with E-state index in [2.05, 4.69) is 4.72 Å². The van der Waals surface area contributed by atoms with E-state index < -0.39 is 31.6 Å². The van der Waals surface area contributed by atoms with Crippen LogP contribution < -0.4 is 4.72 Å². The molecule has 31 heavy (non-hydrogen) atoms. The zero-order valence-electron chi connectivity index (χ0n) is 16.0. The van der Waals surface area contributed by atoms with Crippen LogP contribution in [0.2, 0.25) is 0 Å². The van der Waals surface area contributed by atoms with Crippen molar-refractivity contribution in [3.8, 4) is 0 Å². The number of nitrogens with one attached hydrogen (secondary N) is 1. The maximum atomic E-state index is 12.8. The molecule has 0 bridgehead atoms. The van der Waals surface area contributed by atoms with Gasteiger partial charge >= 0.3 is 6.18 Å². The average molecular weight is 470 g/mol. The molecule has 3 rings (SSSR count). The largest absolute Gasteiger partial charge is 0.416 e. The van der Waals surface area contributed by atoms with Gasteiger partial charge < -0.3 is 0 Å². The topological polar surface area (TPSA) is 80.3 Å². The summed E-state index contributed by atoms with van der Waals surface area (Å²) in [6.45, 7) is -0.153. The Morgan fingerprint density at radius 1 is 0.710 bits per heavy atom. The lowest BCUT2D eigenvalue weighted by atomic mass is 10.1. The first-order valence-electron chi connectivity index (χ1n) is 9.06. The number of benzene rings is 3. The zero-order chi connectivity index (χ0) is 22.7. The van der Waals surface area contributed by atoms with Crippen LogP contribution in [0.15, 0.2) is 93.5 Å². The Bertz CT molecular complexity index is 1270. The summed E-state index contributed by atoms with van der Waals surface area (Å²) in [6, 6.07) is 17.1. The fourth-order valence-corrected chi connectivity index (χ4v) is 5.34. The summed E-state index contributed by atoms with van der Waals surface area (Å²) in [5.41, 5.74) is -0.496. The second-order valence-electron chi connectivity index (χ2n) is 6.64.